The van der Waals surface area contributed by atoms with Gasteiger partial charge in [-0.15, -0.1) is 0 Å². The number of alkyl halides is 2. The number of rotatable bonds is 5. The summed E-state index contributed by atoms with van der Waals surface area (Å²) < 4.78 is 30.4. The third-order valence-electron chi connectivity index (χ3n) is 4.08. The molecule has 0 heterocycles. The first-order valence-electron chi connectivity index (χ1n) is 6.89. The number of hydrogen-bond acceptors (Lipinski definition) is 3. The minimum absolute atomic E-state index is 0.0772. The number of nitrogens with one attached hydrogen (secondary N) is 1. The highest BCUT2D eigenvalue weighted by Gasteiger charge is 2.32. The van der Waals surface area contributed by atoms with Gasteiger partial charge in [0.05, 0.1) is 13.7 Å². The van der Waals surface area contributed by atoms with Crippen molar-refractivity contribution in [1.82, 2.24) is 10.2 Å². The Balaban J connectivity index is 2.23. The summed E-state index contributed by atoms with van der Waals surface area (Å²) in [5.41, 5.74) is 2.43. The molecule has 1 N–H and O–H groups in total. The molecule has 20 heavy (non-hydrogen) atoms. The van der Waals surface area contributed by atoms with Crippen LogP contribution in [0.15, 0.2) is 18.2 Å². The summed E-state index contributed by atoms with van der Waals surface area (Å²) in [5.74, 6) is 0.845. The molecule has 0 spiro atoms. The molecule has 0 radical (unpaired) electrons. The molecular weight excluding hydrogens is 262 g/mol. The van der Waals surface area contributed by atoms with E-state index in [0.717, 1.165) is 18.6 Å². The predicted molar refractivity (Wildman–Crippen MR) is 75.5 cm³/mol. The summed E-state index contributed by atoms with van der Waals surface area (Å²) in [7, 11) is 5.31. The van der Waals surface area contributed by atoms with Crippen LogP contribution in [0.5, 0.6) is 5.75 Å². The van der Waals surface area contributed by atoms with Gasteiger partial charge >= 0.3 is 0 Å². The number of fused-ring (bicyclic) bond motifs is 1. The monoisotopic (exact) mass is 284 g/mol. The SMILES string of the molecule is CNC1c2ccc(OC)cc2CCC1N(C)CC(F)F. The Kier molecular flexibility index (Phi) is 4.94. The van der Waals surface area contributed by atoms with E-state index in [2.05, 4.69) is 5.32 Å². The van der Waals surface area contributed by atoms with Gasteiger partial charge in [-0.2, -0.15) is 0 Å². The van der Waals surface area contributed by atoms with Crippen molar-refractivity contribution < 1.29 is 13.5 Å². The van der Waals surface area contributed by atoms with E-state index >= 15 is 0 Å². The van der Waals surface area contributed by atoms with Crippen LogP contribution in [0.25, 0.3) is 0 Å². The zero-order chi connectivity index (χ0) is 14.7. The van der Waals surface area contributed by atoms with E-state index in [1.165, 1.54) is 11.1 Å². The van der Waals surface area contributed by atoms with Crippen molar-refractivity contribution in [3.63, 3.8) is 0 Å². The number of halogens is 2. The van der Waals surface area contributed by atoms with E-state index in [1.807, 2.05) is 25.2 Å². The lowest BCUT2D eigenvalue weighted by Gasteiger charge is -2.39. The molecule has 1 aliphatic carbocycles. The van der Waals surface area contributed by atoms with Crippen molar-refractivity contribution in [3.05, 3.63) is 29.3 Å². The van der Waals surface area contributed by atoms with Gasteiger partial charge in [-0.3, -0.25) is 4.90 Å². The second-order valence-corrected chi connectivity index (χ2v) is 5.27. The molecule has 2 atom stereocenters. The number of nitrogens with zero attached hydrogens (tertiary/aromatic N) is 1. The topological polar surface area (TPSA) is 24.5 Å². The van der Waals surface area contributed by atoms with Gasteiger partial charge < -0.3 is 10.1 Å². The van der Waals surface area contributed by atoms with Gasteiger partial charge in [-0.05, 0) is 50.2 Å². The summed E-state index contributed by atoms with van der Waals surface area (Å²) in [6.07, 6.45) is -0.535. The molecule has 0 bridgehead atoms. The van der Waals surface area contributed by atoms with Crippen molar-refractivity contribution in [3.8, 4) is 5.75 Å². The maximum atomic E-state index is 12.6. The second-order valence-electron chi connectivity index (χ2n) is 5.27. The maximum absolute atomic E-state index is 12.6. The lowest BCUT2D eigenvalue weighted by molar-refractivity contribution is 0.0660. The van der Waals surface area contributed by atoms with Crippen molar-refractivity contribution >= 4 is 0 Å². The Bertz CT molecular complexity index is 453. The summed E-state index contributed by atoms with van der Waals surface area (Å²) in [6, 6.07) is 6.18. The van der Waals surface area contributed by atoms with Crippen LogP contribution < -0.4 is 10.1 Å². The van der Waals surface area contributed by atoms with Gasteiger partial charge in [-0.25, -0.2) is 8.78 Å². The smallest absolute Gasteiger partial charge is 0.251 e. The molecule has 0 saturated carbocycles. The van der Waals surface area contributed by atoms with Crippen molar-refractivity contribution in [2.24, 2.45) is 0 Å². The Morgan fingerprint density at radius 1 is 1.45 bits per heavy atom. The average molecular weight is 284 g/mol. The Morgan fingerprint density at radius 3 is 2.80 bits per heavy atom. The minimum Gasteiger partial charge on any atom is -0.497 e. The van der Waals surface area contributed by atoms with Crippen molar-refractivity contribution in [1.29, 1.82) is 0 Å². The molecule has 2 rings (SSSR count). The van der Waals surface area contributed by atoms with Crippen LogP contribution >= 0.6 is 0 Å². The highest BCUT2D eigenvalue weighted by atomic mass is 19.3. The summed E-state index contributed by atoms with van der Waals surface area (Å²) >= 11 is 0. The van der Waals surface area contributed by atoms with Crippen LogP contribution in [0.3, 0.4) is 0 Å². The zero-order valence-corrected chi connectivity index (χ0v) is 12.2. The van der Waals surface area contributed by atoms with E-state index in [4.69, 9.17) is 4.74 Å². The highest BCUT2D eigenvalue weighted by molar-refractivity contribution is 5.40. The van der Waals surface area contributed by atoms with Gasteiger partial charge in [-0.1, -0.05) is 6.07 Å². The first kappa shape index (κ1) is 15.2. The molecule has 3 nitrogen and oxygen atoms in total. The molecule has 112 valence electrons. The maximum Gasteiger partial charge on any atom is 0.251 e. The number of ether oxygens (including phenoxy) is 1. The standard InChI is InChI=1S/C15H22F2N2O/c1-18-15-12-6-5-11(20-3)8-10(12)4-7-13(15)19(2)9-14(16)17/h5-6,8,13-15,18H,4,7,9H2,1-3H3. The van der Waals surface area contributed by atoms with E-state index in [9.17, 15) is 8.78 Å². The van der Waals surface area contributed by atoms with Gasteiger partial charge in [0.1, 0.15) is 5.75 Å². The molecule has 5 heteroatoms. The molecular formula is C15H22F2N2O. The molecule has 1 aromatic carbocycles. The van der Waals surface area contributed by atoms with E-state index in [-0.39, 0.29) is 18.6 Å². The third kappa shape index (κ3) is 3.10. The van der Waals surface area contributed by atoms with Crippen LogP contribution in [-0.4, -0.2) is 45.1 Å². The third-order valence-corrected chi connectivity index (χ3v) is 4.08. The molecule has 1 aliphatic rings. The van der Waals surface area contributed by atoms with Gasteiger partial charge in [0, 0.05) is 12.1 Å². The Hall–Kier alpha value is -1.20. The van der Waals surface area contributed by atoms with Crippen LogP contribution in [0.4, 0.5) is 8.78 Å². The molecule has 0 amide bonds. The Labute approximate surface area is 118 Å². The molecule has 0 aliphatic heterocycles. The van der Waals surface area contributed by atoms with Gasteiger partial charge in [0.2, 0.25) is 0 Å². The number of benzene rings is 1. The fourth-order valence-electron chi connectivity index (χ4n) is 3.08. The number of likely N-dealkylation sites (N-methyl/N-ethyl adjacent to an activating group) is 2. The molecule has 0 aromatic heterocycles. The van der Waals surface area contributed by atoms with Crippen LogP contribution in [-0.2, 0) is 6.42 Å². The first-order valence-corrected chi connectivity index (χ1v) is 6.89. The largest absolute Gasteiger partial charge is 0.497 e. The van der Waals surface area contributed by atoms with Crippen LogP contribution in [0.2, 0.25) is 0 Å². The zero-order valence-electron chi connectivity index (χ0n) is 12.2. The molecule has 1 aromatic rings. The lowest BCUT2D eigenvalue weighted by Crippen LogP contribution is -2.46. The van der Waals surface area contributed by atoms with Crippen LogP contribution in [0.1, 0.15) is 23.6 Å². The summed E-state index contributed by atoms with van der Waals surface area (Å²) in [6.45, 7) is -0.186. The van der Waals surface area contributed by atoms with Gasteiger partial charge in [0.25, 0.3) is 6.43 Å². The van der Waals surface area contributed by atoms with E-state index in [0.29, 0.717) is 0 Å². The molecule has 0 fully saturated rings. The van der Waals surface area contributed by atoms with E-state index in [1.54, 1.807) is 19.1 Å². The van der Waals surface area contributed by atoms with E-state index < -0.39 is 6.43 Å². The lowest BCUT2D eigenvalue weighted by atomic mass is 9.83. The van der Waals surface area contributed by atoms with Crippen molar-refractivity contribution in [2.45, 2.75) is 31.4 Å². The number of hydrogen-bond donors (Lipinski definition) is 1. The van der Waals surface area contributed by atoms with Crippen LogP contribution in [0, 0.1) is 0 Å². The Morgan fingerprint density at radius 2 is 2.20 bits per heavy atom. The normalized spacial score (nSPS) is 22.1. The quantitative estimate of drug-likeness (QED) is 0.899. The molecule has 2 unspecified atom stereocenters. The predicted octanol–water partition coefficient (Wildman–Crippen LogP) is 2.47. The summed E-state index contributed by atoms with van der Waals surface area (Å²) in [4.78, 5) is 1.76. The first-order chi connectivity index (χ1) is 9.56. The van der Waals surface area contributed by atoms with Gasteiger partial charge in [0.15, 0.2) is 0 Å². The minimum atomic E-state index is -2.30. The van der Waals surface area contributed by atoms with Crippen molar-refractivity contribution in [2.75, 3.05) is 27.7 Å². The fourth-order valence-corrected chi connectivity index (χ4v) is 3.08. The second kappa shape index (κ2) is 6.50. The number of aryl methyl sites for hydroxylation is 1. The highest BCUT2D eigenvalue weighted by Crippen LogP contribution is 2.34. The average Bonchev–Trinajstić information content (AvgIpc) is 2.44. The number of methoxy groups -OCH3 is 1. The molecule has 0 saturated heterocycles. The summed E-state index contributed by atoms with van der Waals surface area (Å²) in [5, 5.41) is 3.27. The fraction of sp³-hybridized carbons (Fsp3) is 0.600.